The number of H-pyrrole nitrogens is 1. The number of hydrogen-bond acceptors (Lipinski definition) is 5. The quantitative estimate of drug-likeness (QED) is 0.767. The maximum atomic E-state index is 12.5. The second-order valence-electron chi connectivity index (χ2n) is 5.57. The Bertz CT molecular complexity index is 961. The van der Waals surface area contributed by atoms with Gasteiger partial charge in [0.25, 0.3) is 0 Å². The van der Waals surface area contributed by atoms with Gasteiger partial charge in [-0.2, -0.15) is 0 Å². The lowest BCUT2D eigenvalue weighted by atomic mass is 10.3. The molecular formula is C16H18N4O2S. The maximum absolute atomic E-state index is 12.5. The summed E-state index contributed by atoms with van der Waals surface area (Å²) in [5.41, 5.74) is 2.03. The van der Waals surface area contributed by atoms with E-state index in [9.17, 15) is 8.42 Å². The Morgan fingerprint density at radius 2 is 1.87 bits per heavy atom. The summed E-state index contributed by atoms with van der Waals surface area (Å²) in [6, 6.07) is 8.71. The summed E-state index contributed by atoms with van der Waals surface area (Å²) in [5.74, 6) is 1.17. The molecule has 2 aromatic heterocycles. The molecule has 3 rings (SSSR count). The molecule has 7 heteroatoms. The van der Waals surface area contributed by atoms with Crippen LogP contribution in [0.15, 0.2) is 41.4 Å². The Hall–Kier alpha value is -2.41. The monoisotopic (exact) mass is 330 g/mol. The van der Waals surface area contributed by atoms with Crippen molar-refractivity contribution in [3.8, 4) is 0 Å². The number of sulfone groups is 1. The number of aromatic amines is 1. The van der Waals surface area contributed by atoms with Crippen LogP contribution < -0.4 is 5.32 Å². The summed E-state index contributed by atoms with van der Waals surface area (Å²) in [5, 5.41) is 2.64. The van der Waals surface area contributed by atoms with Crippen LogP contribution in [0.3, 0.4) is 0 Å². The molecule has 0 amide bonds. The van der Waals surface area contributed by atoms with E-state index < -0.39 is 15.1 Å². The van der Waals surface area contributed by atoms with Crippen molar-refractivity contribution < 1.29 is 8.42 Å². The third kappa shape index (κ3) is 2.79. The summed E-state index contributed by atoms with van der Waals surface area (Å²) < 4.78 is 25.1. The molecule has 6 nitrogen and oxygen atoms in total. The highest BCUT2D eigenvalue weighted by Crippen LogP contribution is 2.29. The summed E-state index contributed by atoms with van der Waals surface area (Å²) in [6.45, 7) is 5.14. The fraction of sp³-hybridized carbons (Fsp3) is 0.250. The Balaban J connectivity index is 2.12. The van der Waals surface area contributed by atoms with Gasteiger partial charge >= 0.3 is 0 Å². The number of rotatable bonds is 4. The zero-order valence-electron chi connectivity index (χ0n) is 13.2. The van der Waals surface area contributed by atoms with E-state index in [4.69, 9.17) is 0 Å². The lowest BCUT2D eigenvalue weighted by molar-refractivity contribution is 0.588. The fourth-order valence-electron chi connectivity index (χ4n) is 2.35. The van der Waals surface area contributed by atoms with E-state index in [0.29, 0.717) is 17.3 Å². The SMILES string of the molecule is Cc1nc(Nc2ccccc2S(=O)(=O)C(C)C)c2[nH]ccc2n1. The first-order valence-electron chi connectivity index (χ1n) is 7.31. The van der Waals surface area contributed by atoms with Crippen molar-refractivity contribution in [2.24, 2.45) is 0 Å². The van der Waals surface area contributed by atoms with Gasteiger partial charge in [0.2, 0.25) is 0 Å². The van der Waals surface area contributed by atoms with Crippen LogP contribution in [0.4, 0.5) is 11.5 Å². The van der Waals surface area contributed by atoms with E-state index in [1.165, 1.54) is 0 Å². The molecule has 0 radical (unpaired) electrons. The molecule has 0 aliphatic heterocycles. The van der Waals surface area contributed by atoms with Gasteiger partial charge in [-0.3, -0.25) is 0 Å². The second-order valence-corrected chi connectivity index (χ2v) is 8.04. The Kier molecular flexibility index (Phi) is 3.81. The van der Waals surface area contributed by atoms with Gasteiger partial charge in [0.1, 0.15) is 11.3 Å². The van der Waals surface area contributed by atoms with Gasteiger partial charge in [-0.15, -0.1) is 0 Å². The Morgan fingerprint density at radius 3 is 2.61 bits per heavy atom. The van der Waals surface area contributed by atoms with Crippen LogP contribution in [0.1, 0.15) is 19.7 Å². The largest absolute Gasteiger partial charge is 0.357 e. The number of nitrogens with zero attached hydrogens (tertiary/aromatic N) is 2. The van der Waals surface area contributed by atoms with Crippen LogP contribution in [0.2, 0.25) is 0 Å². The molecule has 0 fully saturated rings. The average Bonchev–Trinajstić information content (AvgIpc) is 2.95. The lowest BCUT2D eigenvalue weighted by Crippen LogP contribution is -2.15. The van der Waals surface area contributed by atoms with Crippen molar-refractivity contribution in [1.29, 1.82) is 0 Å². The van der Waals surface area contributed by atoms with Gasteiger partial charge in [-0.05, 0) is 39.0 Å². The van der Waals surface area contributed by atoms with E-state index >= 15 is 0 Å². The van der Waals surface area contributed by atoms with Crippen LogP contribution in [0.5, 0.6) is 0 Å². The van der Waals surface area contributed by atoms with Gasteiger partial charge in [0.05, 0.1) is 21.3 Å². The number of benzene rings is 1. The molecular weight excluding hydrogens is 312 g/mol. The van der Waals surface area contributed by atoms with Gasteiger partial charge < -0.3 is 10.3 Å². The molecule has 3 aromatic rings. The van der Waals surface area contributed by atoms with E-state index in [0.717, 1.165) is 11.0 Å². The Labute approximate surface area is 134 Å². The van der Waals surface area contributed by atoms with Gasteiger partial charge in [-0.1, -0.05) is 12.1 Å². The van der Waals surface area contributed by atoms with Gasteiger partial charge in [0, 0.05) is 6.20 Å². The van der Waals surface area contributed by atoms with E-state index in [1.807, 2.05) is 6.07 Å². The highest BCUT2D eigenvalue weighted by atomic mass is 32.2. The summed E-state index contributed by atoms with van der Waals surface area (Å²) >= 11 is 0. The summed E-state index contributed by atoms with van der Waals surface area (Å²) in [4.78, 5) is 12.1. The van der Waals surface area contributed by atoms with Crippen LogP contribution in [-0.2, 0) is 9.84 Å². The Morgan fingerprint density at radius 1 is 1.13 bits per heavy atom. The number of anilines is 2. The van der Waals surface area contributed by atoms with Gasteiger partial charge in [-0.25, -0.2) is 18.4 Å². The first kappa shape index (κ1) is 15.5. The highest BCUT2D eigenvalue weighted by Gasteiger charge is 2.23. The molecule has 23 heavy (non-hydrogen) atoms. The fourth-order valence-corrected chi connectivity index (χ4v) is 3.55. The summed E-state index contributed by atoms with van der Waals surface area (Å²) in [6.07, 6.45) is 1.78. The number of aromatic nitrogens is 3. The molecule has 120 valence electrons. The zero-order chi connectivity index (χ0) is 16.6. The standard InChI is InChI=1S/C16H18N4O2S/c1-10(2)23(21,22)14-7-5-4-6-12(14)20-16-15-13(8-9-17-15)18-11(3)19-16/h4-10,17H,1-3H3,(H,18,19,20). The van der Waals surface area contributed by atoms with E-state index in [-0.39, 0.29) is 4.90 Å². The number of para-hydroxylation sites is 1. The summed E-state index contributed by atoms with van der Waals surface area (Å²) in [7, 11) is -3.39. The minimum atomic E-state index is -3.39. The molecule has 0 unspecified atom stereocenters. The third-order valence-electron chi connectivity index (χ3n) is 3.58. The normalized spacial score (nSPS) is 12.0. The molecule has 2 N–H and O–H groups in total. The number of nitrogens with one attached hydrogen (secondary N) is 2. The zero-order valence-corrected chi connectivity index (χ0v) is 14.0. The molecule has 0 aliphatic rings. The lowest BCUT2D eigenvalue weighted by Gasteiger charge is -2.14. The first-order valence-corrected chi connectivity index (χ1v) is 8.86. The number of aryl methyl sites for hydroxylation is 1. The maximum Gasteiger partial charge on any atom is 0.182 e. The van der Waals surface area contributed by atoms with Crippen LogP contribution >= 0.6 is 0 Å². The van der Waals surface area contributed by atoms with Crippen molar-refractivity contribution in [3.05, 3.63) is 42.4 Å². The molecule has 0 atom stereocenters. The number of hydrogen-bond donors (Lipinski definition) is 2. The van der Waals surface area contributed by atoms with Crippen LogP contribution in [-0.4, -0.2) is 28.6 Å². The molecule has 0 aliphatic carbocycles. The average molecular weight is 330 g/mol. The van der Waals surface area contributed by atoms with E-state index in [2.05, 4.69) is 20.3 Å². The van der Waals surface area contributed by atoms with Crippen molar-refractivity contribution >= 4 is 32.4 Å². The molecule has 0 spiro atoms. The molecule has 1 aromatic carbocycles. The third-order valence-corrected chi connectivity index (χ3v) is 5.80. The molecule has 0 bridgehead atoms. The smallest absolute Gasteiger partial charge is 0.182 e. The van der Waals surface area contributed by atoms with Gasteiger partial charge in [0.15, 0.2) is 15.7 Å². The van der Waals surface area contributed by atoms with Crippen molar-refractivity contribution in [1.82, 2.24) is 15.0 Å². The van der Waals surface area contributed by atoms with Crippen molar-refractivity contribution in [2.75, 3.05) is 5.32 Å². The molecule has 0 saturated carbocycles. The minimum Gasteiger partial charge on any atom is -0.357 e. The van der Waals surface area contributed by atoms with Crippen LogP contribution in [0, 0.1) is 6.92 Å². The topological polar surface area (TPSA) is 87.7 Å². The minimum absolute atomic E-state index is 0.269. The molecule has 2 heterocycles. The van der Waals surface area contributed by atoms with Crippen LogP contribution in [0.25, 0.3) is 11.0 Å². The highest BCUT2D eigenvalue weighted by molar-refractivity contribution is 7.92. The predicted molar refractivity (Wildman–Crippen MR) is 90.7 cm³/mol. The van der Waals surface area contributed by atoms with E-state index in [1.54, 1.807) is 51.2 Å². The number of fused-ring (bicyclic) bond motifs is 1. The first-order chi connectivity index (χ1) is 10.9. The predicted octanol–water partition coefficient (Wildman–Crippen LogP) is 3.19. The van der Waals surface area contributed by atoms with Crippen molar-refractivity contribution in [3.63, 3.8) is 0 Å². The molecule has 0 saturated heterocycles. The van der Waals surface area contributed by atoms with Crippen molar-refractivity contribution in [2.45, 2.75) is 30.9 Å². The second kappa shape index (κ2) is 5.66.